The first-order chi connectivity index (χ1) is 12.5. The summed E-state index contributed by atoms with van der Waals surface area (Å²) in [6.45, 7) is 5.54. The van der Waals surface area contributed by atoms with Gasteiger partial charge < -0.3 is 14.6 Å². The highest BCUT2D eigenvalue weighted by Crippen LogP contribution is 2.55. The molecule has 1 aromatic heterocycles. The number of rotatable bonds is 7. The lowest BCUT2D eigenvalue weighted by atomic mass is 9.53. The number of amides is 1. The van der Waals surface area contributed by atoms with Gasteiger partial charge in [0.2, 0.25) is 5.91 Å². The third-order valence-electron chi connectivity index (χ3n) is 6.72. The summed E-state index contributed by atoms with van der Waals surface area (Å²) in [5.41, 5.74) is 2.29. The van der Waals surface area contributed by atoms with E-state index in [-0.39, 0.29) is 11.4 Å². The first-order valence-corrected chi connectivity index (χ1v) is 10.9. The lowest BCUT2D eigenvalue weighted by Gasteiger charge is -2.56. The number of nitrogens with zero attached hydrogens (tertiary/aromatic N) is 2. The molecule has 5 nitrogen and oxygen atoms in total. The van der Waals surface area contributed by atoms with E-state index in [1.165, 1.54) is 38.5 Å². The highest BCUT2D eigenvalue weighted by Gasteiger charge is 2.51. The van der Waals surface area contributed by atoms with E-state index in [0.717, 1.165) is 40.8 Å². The molecule has 0 atom stereocenters. The van der Waals surface area contributed by atoms with Crippen LogP contribution in [-0.2, 0) is 16.1 Å². The number of imidazole rings is 1. The second-order valence-electron chi connectivity index (χ2n) is 8.74. The van der Waals surface area contributed by atoms with Gasteiger partial charge >= 0.3 is 0 Å². The number of hydrogen-bond acceptors (Lipinski definition) is 4. The van der Waals surface area contributed by atoms with Crippen molar-refractivity contribution in [2.45, 2.75) is 69.6 Å². The molecule has 0 saturated heterocycles. The lowest BCUT2D eigenvalue weighted by Crippen LogP contribution is -2.60. The fraction of sp³-hybridized carbons (Fsp3) is 0.800. The van der Waals surface area contributed by atoms with Crippen LogP contribution in [0.3, 0.4) is 0 Å². The van der Waals surface area contributed by atoms with E-state index in [0.29, 0.717) is 12.4 Å². The molecule has 0 radical (unpaired) electrons. The van der Waals surface area contributed by atoms with Crippen molar-refractivity contribution in [1.82, 2.24) is 14.9 Å². The van der Waals surface area contributed by atoms with Crippen LogP contribution in [0.25, 0.3) is 0 Å². The minimum atomic E-state index is 0.101. The standard InChI is InChI=1S/C20H31N3O2S/c1-13-14(2)23(4-5-25-3)19(21-13)26-12-18(24)22-20-9-15-6-16(10-20)8-17(7-15)11-20/h15-17H,4-12H2,1-3H3,(H,22,24). The molecule has 4 saturated carbocycles. The Kier molecular flexibility index (Phi) is 5.08. The van der Waals surface area contributed by atoms with Crippen LogP contribution in [0, 0.1) is 31.6 Å². The Labute approximate surface area is 160 Å². The van der Waals surface area contributed by atoms with E-state index in [2.05, 4.69) is 21.8 Å². The molecule has 144 valence electrons. The van der Waals surface area contributed by atoms with Crippen LogP contribution in [-0.4, -0.2) is 40.5 Å². The summed E-state index contributed by atoms with van der Waals surface area (Å²) < 4.78 is 7.38. The summed E-state index contributed by atoms with van der Waals surface area (Å²) in [6, 6.07) is 0. The second kappa shape index (κ2) is 7.19. The SMILES string of the molecule is COCCn1c(SCC(=O)NC23CC4CC(CC(C4)C2)C3)nc(C)c1C. The molecule has 4 bridgehead atoms. The zero-order chi connectivity index (χ0) is 18.3. The number of carbonyl (C=O) groups is 1. The minimum absolute atomic E-state index is 0.101. The van der Waals surface area contributed by atoms with E-state index < -0.39 is 0 Å². The Morgan fingerprint density at radius 2 is 1.85 bits per heavy atom. The Balaban J connectivity index is 1.37. The van der Waals surface area contributed by atoms with Crippen molar-refractivity contribution in [3.05, 3.63) is 11.4 Å². The predicted molar refractivity (Wildman–Crippen MR) is 103 cm³/mol. The fourth-order valence-electron chi connectivity index (χ4n) is 5.91. The third-order valence-corrected chi connectivity index (χ3v) is 7.69. The van der Waals surface area contributed by atoms with Gasteiger partial charge in [0.05, 0.1) is 18.1 Å². The molecule has 1 N–H and O–H groups in total. The van der Waals surface area contributed by atoms with E-state index in [1.807, 2.05) is 6.92 Å². The van der Waals surface area contributed by atoms with E-state index >= 15 is 0 Å². The summed E-state index contributed by atoms with van der Waals surface area (Å²) in [6.07, 6.45) is 7.82. The Hall–Kier alpha value is -1.01. The maximum Gasteiger partial charge on any atom is 0.230 e. The van der Waals surface area contributed by atoms with Crippen LogP contribution in [0.2, 0.25) is 0 Å². The summed E-state index contributed by atoms with van der Waals surface area (Å²) in [5.74, 6) is 3.19. The predicted octanol–water partition coefficient (Wildman–Crippen LogP) is 3.32. The van der Waals surface area contributed by atoms with Gasteiger partial charge in [-0.15, -0.1) is 0 Å². The number of hydrogen-bond donors (Lipinski definition) is 1. The highest BCUT2D eigenvalue weighted by atomic mass is 32.2. The van der Waals surface area contributed by atoms with Gasteiger partial charge in [0, 0.05) is 24.9 Å². The first-order valence-electron chi connectivity index (χ1n) is 9.94. The molecular formula is C20H31N3O2S. The number of ether oxygens (including phenoxy) is 1. The van der Waals surface area contributed by atoms with Gasteiger partial charge in [-0.1, -0.05) is 11.8 Å². The molecule has 4 aliphatic carbocycles. The van der Waals surface area contributed by atoms with E-state index in [1.54, 1.807) is 18.9 Å². The van der Waals surface area contributed by atoms with Crippen molar-refractivity contribution in [2.24, 2.45) is 17.8 Å². The summed E-state index contributed by atoms with van der Waals surface area (Å²) in [7, 11) is 1.71. The summed E-state index contributed by atoms with van der Waals surface area (Å²) in [5, 5.41) is 4.39. The Morgan fingerprint density at radius 1 is 1.23 bits per heavy atom. The average molecular weight is 378 g/mol. The van der Waals surface area contributed by atoms with Crippen LogP contribution in [0.4, 0.5) is 0 Å². The van der Waals surface area contributed by atoms with Crippen molar-refractivity contribution in [2.75, 3.05) is 19.5 Å². The number of aromatic nitrogens is 2. The van der Waals surface area contributed by atoms with E-state index in [4.69, 9.17) is 4.74 Å². The van der Waals surface area contributed by atoms with Crippen molar-refractivity contribution in [3.8, 4) is 0 Å². The van der Waals surface area contributed by atoms with Crippen molar-refractivity contribution >= 4 is 17.7 Å². The molecule has 4 aliphatic rings. The fourth-order valence-corrected chi connectivity index (χ4v) is 6.82. The van der Waals surface area contributed by atoms with Gasteiger partial charge in [-0.2, -0.15) is 0 Å². The molecule has 5 rings (SSSR count). The number of thioether (sulfide) groups is 1. The van der Waals surface area contributed by atoms with Crippen LogP contribution >= 0.6 is 11.8 Å². The molecule has 1 amide bonds. The largest absolute Gasteiger partial charge is 0.383 e. The molecular weight excluding hydrogens is 346 g/mol. The molecule has 6 heteroatoms. The zero-order valence-corrected chi connectivity index (χ0v) is 17.0. The van der Waals surface area contributed by atoms with Gasteiger partial charge in [-0.05, 0) is 70.1 Å². The maximum atomic E-state index is 12.7. The average Bonchev–Trinajstić information content (AvgIpc) is 2.83. The van der Waals surface area contributed by atoms with Gasteiger partial charge in [0.1, 0.15) is 0 Å². The number of aryl methyl sites for hydroxylation is 1. The first kappa shape index (κ1) is 18.4. The van der Waals surface area contributed by atoms with E-state index in [9.17, 15) is 4.79 Å². The van der Waals surface area contributed by atoms with Crippen LogP contribution in [0.15, 0.2) is 5.16 Å². The van der Waals surface area contributed by atoms with Crippen LogP contribution in [0.1, 0.15) is 49.9 Å². The zero-order valence-electron chi connectivity index (χ0n) is 16.2. The molecule has 0 aromatic carbocycles. The topological polar surface area (TPSA) is 56.1 Å². The Morgan fingerprint density at radius 3 is 2.42 bits per heavy atom. The van der Waals surface area contributed by atoms with Crippen molar-refractivity contribution in [1.29, 1.82) is 0 Å². The monoisotopic (exact) mass is 377 g/mol. The molecule has 4 fully saturated rings. The van der Waals surface area contributed by atoms with Gasteiger partial charge in [-0.25, -0.2) is 4.98 Å². The minimum Gasteiger partial charge on any atom is -0.383 e. The number of methoxy groups -OCH3 is 1. The van der Waals surface area contributed by atoms with Gasteiger partial charge in [-0.3, -0.25) is 4.79 Å². The van der Waals surface area contributed by atoms with Gasteiger partial charge in [0.25, 0.3) is 0 Å². The molecule has 0 unspecified atom stereocenters. The smallest absolute Gasteiger partial charge is 0.230 e. The third kappa shape index (κ3) is 3.55. The highest BCUT2D eigenvalue weighted by molar-refractivity contribution is 7.99. The van der Waals surface area contributed by atoms with Crippen molar-refractivity contribution < 1.29 is 9.53 Å². The second-order valence-corrected chi connectivity index (χ2v) is 9.69. The summed E-state index contributed by atoms with van der Waals surface area (Å²) in [4.78, 5) is 17.4. The molecule has 1 aromatic rings. The summed E-state index contributed by atoms with van der Waals surface area (Å²) >= 11 is 1.55. The van der Waals surface area contributed by atoms with Crippen molar-refractivity contribution in [3.63, 3.8) is 0 Å². The maximum absolute atomic E-state index is 12.7. The molecule has 0 aliphatic heterocycles. The van der Waals surface area contributed by atoms with Crippen LogP contribution < -0.4 is 5.32 Å². The molecule has 1 heterocycles. The Bertz CT molecular complexity index is 650. The lowest BCUT2D eigenvalue weighted by molar-refractivity contribution is -0.124. The van der Waals surface area contributed by atoms with Gasteiger partial charge in [0.15, 0.2) is 5.16 Å². The normalized spacial score (nSPS) is 32.2. The molecule has 0 spiro atoms. The quantitative estimate of drug-likeness (QED) is 0.741. The van der Waals surface area contributed by atoms with Crippen LogP contribution in [0.5, 0.6) is 0 Å². The number of nitrogens with one attached hydrogen (secondary N) is 1. The number of carbonyl (C=O) groups excluding carboxylic acids is 1. The molecule has 26 heavy (non-hydrogen) atoms.